The molecule has 0 aliphatic rings. The first kappa shape index (κ1) is 12.4. The number of pyridine rings is 1. The topological polar surface area (TPSA) is 71.2 Å². The maximum absolute atomic E-state index is 11.9. The number of nitrogens with zero attached hydrogens (tertiary/aromatic N) is 2. The van der Waals surface area contributed by atoms with Gasteiger partial charge in [0.1, 0.15) is 5.82 Å². The van der Waals surface area contributed by atoms with Gasteiger partial charge < -0.3 is 10.3 Å². The van der Waals surface area contributed by atoms with Crippen molar-refractivity contribution < 1.29 is 4.79 Å². The number of hydrogen-bond acceptors (Lipinski definition) is 4. The van der Waals surface area contributed by atoms with E-state index in [1.54, 1.807) is 30.3 Å². The van der Waals surface area contributed by atoms with Gasteiger partial charge in [0, 0.05) is 25.4 Å². The summed E-state index contributed by atoms with van der Waals surface area (Å²) in [5.41, 5.74) is 3.02. The molecule has 16 heavy (non-hydrogen) atoms. The monoisotopic (exact) mass is 222 g/mol. The summed E-state index contributed by atoms with van der Waals surface area (Å²) in [6.07, 6.45) is 3.65. The van der Waals surface area contributed by atoms with Gasteiger partial charge in [-0.2, -0.15) is 0 Å². The van der Waals surface area contributed by atoms with Gasteiger partial charge in [-0.05, 0) is 18.6 Å². The number of nitrogens with one attached hydrogen (secondary N) is 1. The Kier molecular flexibility index (Phi) is 4.72. The molecule has 0 aromatic carbocycles. The third-order valence-electron chi connectivity index (χ3n) is 2.35. The van der Waals surface area contributed by atoms with E-state index in [4.69, 9.17) is 5.84 Å². The number of unbranched alkanes of at least 4 members (excludes halogenated alkanes) is 1. The Morgan fingerprint density at radius 3 is 3.00 bits per heavy atom. The van der Waals surface area contributed by atoms with E-state index in [9.17, 15) is 4.79 Å². The molecule has 3 N–H and O–H groups in total. The van der Waals surface area contributed by atoms with E-state index in [2.05, 4.69) is 17.3 Å². The van der Waals surface area contributed by atoms with Crippen molar-refractivity contribution >= 4 is 11.7 Å². The summed E-state index contributed by atoms with van der Waals surface area (Å²) >= 11 is 0. The van der Waals surface area contributed by atoms with Gasteiger partial charge in [0.2, 0.25) is 0 Å². The van der Waals surface area contributed by atoms with Crippen LogP contribution in [0.4, 0.5) is 5.82 Å². The number of nitrogen functional groups attached to an aromatic ring is 1. The van der Waals surface area contributed by atoms with Crippen LogP contribution in [0.15, 0.2) is 18.3 Å². The number of rotatable bonds is 5. The van der Waals surface area contributed by atoms with Crippen LogP contribution in [0.25, 0.3) is 0 Å². The third-order valence-corrected chi connectivity index (χ3v) is 2.35. The van der Waals surface area contributed by atoms with Crippen molar-refractivity contribution in [3.05, 3.63) is 23.9 Å². The number of anilines is 1. The van der Waals surface area contributed by atoms with Crippen molar-refractivity contribution in [2.24, 2.45) is 5.84 Å². The SMILES string of the molecule is CCCCN(C)C(=O)c1ccnc(NN)c1. The zero-order valence-electron chi connectivity index (χ0n) is 9.73. The summed E-state index contributed by atoms with van der Waals surface area (Å²) in [7, 11) is 1.80. The maximum Gasteiger partial charge on any atom is 0.253 e. The Balaban J connectivity index is 2.71. The Labute approximate surface area is 95.6 Å². The summed E-state index contributed by atoms with van der Waals surface area (Å²) in [6.45, 7) is 2.87. The fraction of sp³-hybridized carbons (Fsp3) is 0.455. The second-order valence-electron chi connectivity index (χ2n) is 3.65. The number of nitrogens with two attached hydrogens (primary N) is 1. The highest BCUT2D eigenvalue weighted by Gasteiger charge is 2.11. The van der Waals surface area contributed by atoms with Crippen LogP contribution in [-0.2, 0) is 0 Å². The molecule has 0 aliphatic carbocycles. The van der Waals surface area contributed by atoms with E-state index in [0.717, 1.165) is 19.4 Å². The fourth-order valence-electron chi connectivity index (χ4n) is 1.36. The van der Waals surface area contributed by atoms with Crippen molar-refractivity contribution in [1.82, 2.24) is 9.88 Å². The van der Waals surface area contributed by atoms with Gasteiger partial charge in [-0.15, -0.1) is 0 Å². The van der Waals surface area contributed by atoms with Crippen molar-refractivity contribution in [3.8, 4) is 0 Å². The normalized spacial score (nSPS) is 9.94. The predicted octanol–water partition coefficient (Wildman–Crippen LogP) is 1.24. The summed E-state index contributed by atoms with van der Waals surface area (Å²) in [5, 5.41) is 0. The molecule has 5 nitrogen and oxygen atoms in total. The molecule has 0 atom stereocenters. The molecule has 5 heteroatoms. The molecule has 0 bridgehead atoms. The van der Waals surface area contributed by atoms with Crippen LogP contribution >= 0.6 is 0 Å². The van der Waals surface area contributed by atoms with Crippen LogP contribution in [0.1, 0.15) is 30.1 Å². The van der Waals surface area contributed by atoms with Crippen LogP contribution in [0, 0.1) is 0 Å². The first-order valence-electron chi connectivity index (χ1n) is 5.37. The standard InChI is InChI=1S/C11H18N4O/c1-3-4-7-15(2)11(16)9-5-6-13-10(8-9)14-12/h5-6,8H,3-4,7,12H2,1-2H3,(H,13,14). The van der Waals surface area contributed by atoms with E-state index in [1.807, 2.05) is 0 Å². The predicted molar refractivity (Wildman–Crippen MR) is 63.9 cm³/mol. The zero-order chi connectivity index (χ0) is 12.0. The van der Waals surface area contributed by atoms with Crippen molar-refractivity contribution in [3.63, 3.8) is 0 Å². The van der Waals surface area contributed by atoms with Crippen LogP contribution in [-0.4, -0.2) is 29.4 Å². The molecule has 0 aliphatic heterocycles. The van der Waals surface area contributed by atoms with Gasteiger partial charge in [-0.3, -0.25) is 4.79 Å². The van der Waals surface area contributed by atoms with Gasteiger partial charge in [-0.25, -0.2) is 10.8 Å². The van der Waals surface area contributed by atoms with E-state index in [-0.39, 0.29) is 5.91 Å². The number of hydrazine groups is 1. The Bertz CT molecular complexity index is 354. The molecule has 0 spiro atoms. The van der Waals surface area contributed by atoms with E-state index >= 15 is 0 Å². The highest BCUT2D eigenvalue weighted by atomic mass is 16.2. The highest BCUT2D eigenvalue weighted by Crippen LogP contribution is 2.08. The minimum atomic E-state index is -0.00708. The average molecular weight is 222 g/mol. The fourth-order valence-corrected chi connectivity index (χ4v) is 1.36. The first-order chi connectivity index (χ1) is 7.69. The van der Waals surface area contributed by atoms with Crippen molar-refractivity contribution in [2.75, 3.05) is 19.0 Å². The molecule has 1 aromatic rings. The minimum Gasteiger partial charge on any atom is -0.342 e. The highest BCUT2D eigenvalue weighted by molar-refractivity contribution is 5.94. The molecule has 1 amide bonds. The molecular weight excluding hydrogens is 204 g/mol. The van der Waals surface area contributed by atoms with Crippen LogP contribution in [0.5, 0.6) is 0 Å². The quantitative estimate of drug-likeness (QED) is 0.581. The Morgan fingerprint density at radius 1 is 1.62 bits per heavy atom. The molecule has 1 heterocycles. The molecule has 1 rings (SSSR count). The number of hydrogen-bond donors (Lipinski definition) is 2. The Hall–Kier alpha value is -1.62. The van der Waals surface area contributed by atoms with Gasteiger partial charge in [0.05, 0.1) is 0 Å². The zero-order valence-corrected chi connectivity index (χ0v) is 9.73. The van der Waals surface area contributed by atoms with Crippen LogP contribution < -0.4 is 11.3 Å². The summed E-state index contributed by atoms with van der Waals surface area (Å²) < 4.78 is 0. The van der Waals surface area contributed by atoms with Gasteiger partial charge in [0.25, 0.3) is 5.91 Å². The molecular formula is C11H18N4O. The molecule has 88 valence electrons. The Morgan fingerprint density at radius 2 is 2.38 bits per heavy atom. The summed E-state index contributed by atoms with van der Waals surface area (Å²) in [6, 6.07) is 3.33. The van der Waals surface area contributed by atoms with Gasteiger partial charge in [-0.1, -0.05) is 13.3 Å². The lowest BCUT2D eigenvalue weighted by Gasteiger charge is -2.16. The maximum atomic E-state index is 11.9. The smallest absolute Gasteiger partial charge is 0.253 e. The van der Waals surface area contributed by atoms with Gasteiger partial charge in [0.15, 0.2) is 0 Å². The second kappa shape index (κ2) is 6.07. The number of amides is 1. The van der Waals surface area contributed by atoms with Crippen molar-refractivity contribution in [2.45, 2.75) is 19.8 Å². The lowest BCUT2D eigenvalue weighted by atomic mass is 10.2. The lowest BCUT2D eigenvalue weighted by molar-refractivity contribution is 0.0793. The second-order valence-corrected chi connectivity index (χ2v) is 3.65. The number of carbonyl (C=O) groups is 1. The summed E-state index contributed by atoms with van der Waals surface area (Å²) in [4.78, 5) is 17.6. The molecule has 1 aromatic heterocycles. The van der Waals surface area contributed by atoms with Gasteiger partial charge >= 0.3 is 0 Å². The number of aromatic nitrogens is 1. The molecule has 0 fully saturated rings. The molecule has 0 radical (unpaired) electrons. The lowest BCUT2D eigenvalue weighted by Crippen LogP contribution is -2.27. The molecule has 0 saturated heterocycles. The molecule has 0 saturated carbocycles. The molecule has 0 unspecified atom stereocenters. The van der Waals surface area contributed by atoms with Crippen molar-refractivity contribution in [1.29, 1.82) is 0 Å². The first-order valence-corrected chi connectivity index (χ1v) is 5.37. The van der Waals surface area contributed by atoms with E-state index in [1.165, 1.54) is 0 Å². The minimum absolute atomic E-state index is 0.00708. The third kappa shape index (κ3) is 3.20. The largest absolute Gasteiger partial charge is 0.342 e. The van der Waals surface area contributed by atoms with E-state index in [0.29, 0.717) is 11.4 Å². The van der Waals surface area contributed by atoms with Crippen LogP contribution in [0.2, 0.25) is 0 Å². The van der Waals surface area contributed by atoms with Crippen LogP contribution in [0.3, 0.4) is 0 Å². The van der Waals surface area contributed by atoms with E-state index < -0.39 is 0 Å². The number of carbonyl (C=O) groups excluding carboxylic acids is 1. The average Bonchev–Trinajstić information content (AvgIpc) is 2.35. The summed E-state index contributed by atoms with van der Waals surface area (Å²) in [5.74, 6) is 5.73.